The summed E-state index contributed by atoms with van der Waals surface area (Å²) in [5, 5.41) is 0. The van der Waals surface area contributed by atoms with Crippen LogP contribution in [0.25, 0.3) is 0 Å². The van der Waals surface area contributed by atoms with E-state index in [-0.39, 0.29) is 5.56 Å². The summed E-state index contributed by atoms with van der Waals surface area (Å²) in [6, 6.07) is 5.68. The Morgan fingerprint density at radius 3 is 2.64 bits per heavy atom. The summed E-state index contributed by atoms with van der Waals surface area (Å²) in [5.74, 6) is 0.380. The second-order valence-corrected chi connectivity index (χ2v) is 5.22. The maximum Gasteiger partial charge on any atom is 0.269 e. The Morgan fingerprint density at radius 1 is 1.50 bits per heavy atom. The van der Waals surface area contributed by atoms with E-state index in [0.29, 0.717) is 5.75 Å². The molecule has 1 aromatic carbocycles. The van der Waals surface area contributed by atoms with Crippen LogP contribution in [0, 0.1) is 0 Å². The normalized spacial score (nSPS) is 13.6. The van der Waals surface area contributed by atoms with Gasteiger partial charge >= 0.3 is 0 Å². The second-order valence-electron chi connectivity index (χ2n) is 2.57. The largest absolute Gasteiger partial charge is 0.497 e. The van der Waals surface area contributed by atoms with Gasteiger partial charge in [0.1, 0.15) is 5.75 Å². The number of alkyl halides is 1. The Hall–Kier alpha value is -0.810. The zero-order valence-corrected chi connectivity index (χ0v) is 8.85. The maximum absolute atomic E-state index is 13.2. The van der Waals surface area contributed by atoms with Gasteiger partial charge in [-0.05, 0) is 12.1 Å². The molecule has 1 aromatic rings. The second kappa shape index (κ2) is 4.14. The molecule has 14 heavy (non-hydrogen) atoms. The molecule has 0 bridgehead atoms. The summed E-state index contributed by atoms with van der Waals surface area (Å²) in [4.78, 5) is 0. The number of hydrogen-bond donors (Lipinski definition) is 0. The predicted molar refractivity (Wildman–Crippen MR) is 51.6 cm³/mol. The summed E-state index contributed by atoms with van der Waals surface area (Å²) < 4.78 is 39.4. The van der Waals surface area contributed by atoms with Crippen molar-refractivity contribution in [1.29, 1.82) is 0 Å². The Bertz CT molecular complexity index is 418. The molecule has 0 aliphatic heterocycles. The van der Waals surface area contributed by atoms with Gasteiger partial charge in [-0.3, -0.25) is 0 Å². The Labute approximate surface area is 85.9 Å². The first-order valence-corrected chi connectivity index (χ1v) is 6.04. The highest BCUT2D eigenvalue weighted by Crippen LogP contribution is 2.28. The minimum absolute atomic E-state index is 0.0423. The molecule has 1 rings (SSSR count). The topological polar surface area (TPSA) is 43.4 Å². The maximum atomic E-state index is 13.2. The third-order valence-electron chi connectivity index (χ3n) is 1.60. The highest BCUT2D eigenvalue weighted by atomic mass is 35.7. The molecule has 0 radical (unpaired) electrons. The highest BCUT2D eigenvalue weighted by molar-refractivity contribution is 8.13. The zero-order valence-electron chi connectivity index (χ0n) is 7.28. The first-order chi connectivity index (χ1) is 6.45. The lowest BCUT2D eigenvalue weighted by Gasteiger charge is -2.06. The van der Waals surface area contributed by atoms with Crippen LogP contribution in [-0.2, 0) is 9.05 Å². The van der Waals surface area contributed by atoms with Gasteiger partial charge in [-0.15, -0.1) is 0 Å². The molecule has 0 aliphatic carbocycles. The number of hydrogen-bond acceptors (Lipinski definition) is 3. The fourth-order valence-electron chi connectivity index (χ4n) is 0.945. The molecular formula is C8H8ClFO3S. The molecule has 3 nitrogen and oxygen atoms in total. The van der Waals surface area contributed by atoms with Gasteiger partial charge in [-0.25, -0.2) is 12.8 Å². The lowest BCUT2D eigenvalue weighted by atomic mass is 10.2. The number of methoxy groups -OCH3 is 1. The van der Waals surface area contributed by atoms with Crippen LogP contribution in [0.5, 0.6) is 5.75 Å². The third-order valence-corrected chi connectivity index (χ3v) is 2.84. The van der Waals surface area contributed by atoms with E-state index < -0.39 is 14.6 Å². The van der Waals surface area contributed by atoms with E-state index in [1.54, 1.807) is 6.07 Å². The lowest BCUT2D eigenvalue weighted by molar-refractivity contribution is 0.408. The van der Waals surface area contributed by atoms with E-state index in [4.69, 9.17) is 15.4 Å². The van der Waals surface area contributed by atoms with Gasteiger partial charge in [0, 0.05) is 16.2 Å². The Balaban J connectivity index is 3.08. The summed E-state index contributed by atoms with van der Waals surface area (Å²) in [6.45, 7) is 0. The minimum atomic E-state index is -4.23. The van der Waals surface area contributed by atoms with Crippen molar-refractivity contribution in [1.82, 2.24) is 0 Å². The van der Waals surface area contributed by atoms with Crippen molar-refractivity contribution >= 4 is 19.7 Å². The minimum Gasteiger partial charge on any atom is -0.497 e. The van der Waals surface area contributed by atoms with Crippen molar-refractivity contribution < 1.29 is 17.5 Å². The number of ether oxygens (including phenoxy) is 1. The van der Waals surface area contributed by atoms with Crippen molar-refractivity contribution in [2.75, 3.05) is 7.11 Å². The molecule has 0 saturated heterocycles. The van der Waals surface area contributed by atoms with Crippen molar-refractivity contribution in [2.24, 2.45) is 0 Å². The van der Waals surface area contributed by atoms with Gasteiger partial charge in [-0.1, -0.05) is 12.1 Å². The van der Waals surface area contributed by atoms with Crippen molar-refractivity contribution in [2.45, 2.75) is 5.50 Å². The van der Waals surface area contributed by atoms with Crippen LogP contribution in [0.2, 0.25) is 0 Å². The third kappa shape index (κ3) is 2.59. The molecule has 0 N–H and O–H groups in total. The smallest absolute Gasteiger partial charge is 0.269 e. The summed E-state index contributed by atoms with van der Waals surface area (Å²) >= 11 is 0. The average molecular weight is 239 g/mol. The van der Waals surface area contributed by atoms with Crippen molar-refractivity contribution in [3.63, 3.8) is 0 Å². The van der Waals surface area contributed by atoms with Crippen LogP contribution in [0.4, 0.5) is 4.39 Å². The van der Waals surface area contributed by atoms with E-state index in [9.17, 15) is 12.8 Å². The first kappa shape index (κ1) is 11.3. The Kier molecular flexibility index (Phi) is 3.34. The first-order valence-electron chi connectivity index (χ1n) is 3.66. The molecule has 1 atom stereocenters. The molecule has 0 heterocycles. The molecule has 0 saturated carbocycles. The quantitative estimate of drug-likeness (QED) is 0.759. The standard InChI is InChI=1S/C8H8ClFO3S/c1-13-7-4-2-3-6(5-7)8(10)14(9,11)12/h2-5,8H,1H3. The summed E-state index contributed by atoms with van der Waals surface area (Å²) in [5.41, 5.74) is -2.27. The molecule has 0 aromatic heterocycles. The average Bonchev–Trinajstić information content (AvgIpc) is 2.15. The fraction of sp³-hybridized carbons (Fsp3) is 0.250. The van der Waals surface area contributed by atoms with Gasteiger partial charge in [0.25, 0.3) is 9.05 Å². The van der Waals surface area contributed by atoms with Gasteiger partial charge in [0.2, 0.25) is 5.50 Å². The SMILES string of the molecule is COc1cccc(C(F)S(=O)(=O)Cl)c1. The van der Waals surface area contributed by atoms with E-state index in [2.05, 4.69) is 0 Å². The molecule has 0 amide bonds. The highest BCUT2D eigenvalue weighted by Gasteiger charge is 2.24. The number of halogens is 2. The summed E-state index contributed by atoms with van der Waals surface area (Å²) in [7, 11) is 2.04. The molecule has 0 aliphatic rings. The van der Waals surface area contributed by atoms with Gasteiger partial charge in [0.05, 0.1) is 7.11 Å². The monoisotopic (exact) mass is 238 g/mol. The van der Waals surface area contributed by atoms with Crippen LogP contribution in [-0.4, -0.2) is 15.5 Å². The fourth-order valence-corrected chi connectivity index (χ4v) is 1.73. The van der Waals surface area contributed by atoms with Gasteiger partial charge in [-0.2, -0.15) is 0 Å². The molecule has 78 valence electrons. The van der Waals surface area contributed by atoms with Crippen LogP contribution >= 0.6 is 10.7 Å². The Morgan fingerprint density at radius 2 is 2.14 bits per heavy atom. The van der Waals surface area contributed by atoms with E-state index >= 15 is 0 Å². The van der Waals surface area contributed by atoms with Gasteiger partial charge < -0.3 is 4.74 Å². The molecule has 1 unspecified atom stereocenters. The van der Waals surface area contributed by atoms with Crippen molar-refractivity contribution in [3.05, 3.63) is 29.8 Å². The molecule has 0 fully saturated rings. The van der Waals surface area contributed by atoms with Crippen molar-refractivity contribution in [3.8, 4) is 5.75 Å². The van der Waals surface area contributed by atoms with E-state index in [0.717, 1.165) is 0 Å². The lowest BCUT2D eigenvalue weighted by Crippen LogP contribution is -2.01. The van der Waals surface area contributed by atoms with Gasteiger partial charge in [0.15, 0.2) is 0 Å². The molecular weight excluding hydrogens is 231 g/mol. The van der Waals surface area contributed by atoms with Crippen LogP contribution in [0.1, 0.15) is 11.1 Å². The van der Waals surface area contributed by atoms with E-state index in [1.807, 2.05) is 0 Å². The van der Waals surface area contributed by atoms with Crippen LogP contribution < -0.4 is 4.74 Å². The predicted octanol–water partition coefficient (Wildman–Crippen LogP) is 2.23. The number of benzene rings is 1. The summed E-state index contributed by atoms with van der Waals surface area (Å²) in [6.07, 6.45) is 0. The number of rotatable bonds is 3. The zero-order chi connectivity index (χ0) is 10.8. The van der Waals surface area contributed by atoms with Crippen LogP contribution in [0.15, 0.2) is 24.3 Å². The molecule has 6 heteroatoms. The molecule has 0 spiro atoms. The van der Waals surface area contributed by atoms with Crippen LogP contribution in [0.3, 0.4) is 0 Å². The van der Waals surface area contributed by atoms with E-state index in [1.165, 1.54) is 25.3 Å².